The lowest BCUT2D eigenvalue weighted by Gasteiger charge is -2.53. The van der Waals surface area contributed by atoms with E-state index in [4.69, 9.17) is 4.74 Å². The third kappa shape index (κ3) is 3.64. The smallest absolute Gasteiger partial charge is 0.243 e. The monoisotopic (exact) mass is 408 g/mol. The maximum Gasteiger partial charge on any atom is 0.243 e. The molecular weight excluding hydrogens is 386 g/mol. The molecule has 2 aliphatic heterocycles. The fourth-order valence-electron chi connectivity index (χ4n) is 4.18. The van der Waals surface area contributed by atoms with E-state index in [2.05, 4.69) is 4.90 Å². The van der Waals surface area contributed by atoms with E-state index in [1.165, 1.54) is 4.31 Å². The molecule has 2 aliphatic rings. The number of likely N-dealkylation sites (tertiary alicyclic amines) is 1. The minimum atomic E-state index is -3.90. The number of sulfonamides is 1. The first-order valence-corrected chi connectivity index (χ1v) is 10.6. The average molecular weight is 408 g/mol. The van der Waals surface area contributed by atoms with Crippen LogP contribution < -0.4 is 4.74 Å². The number of benzene rings is 2. The molecule has 0 aromatic heterocycles. The summed E-state index contributed by atoms with van der Waals surface area (Å²) in [5, 5.41) is 0. The van der Waals surface area contributed by atoms with Crippen molar-refractivity contribution >= 4 is 10.0 Å². The van der Waals surface area contributed by atoms with Gasteiger partial charge in [0.25, 0.3) is 0 Å². The van der Waals surface area contributed by atoms with E-state index in [1.54, 1.807) is 7.11 Å². The van der Waals surface area contributed by atoms with Crippen LogP contribution in [0.25, 0.3) is 0 Å². The Balaban J connectivity index is 1.42. The molecule has 2 atom stereocenters. The molecule has 2 aromatic carbocycles. The lowest BCUT2D eigenvalue weighted by Crippen LogP contribution is -2.63. The second-order valence-corrected chi connectivity index (χ2v) is 9.30. The van der Waals surface area contributed by atoms with Gasteiger partial charge in [0.05, 0.1) is 12.0 Å². The molecule has 0 amide bonds. The lowest BCUT2D eigenvalue weighted by molar-refractivity contribution is -0.0306. The Kier molecular flexibility index (Phi) is 5.11. The highest BCUT2D eigenvalue weighted by molar-refractivity contribution is 7.89. The summed E-state index contributed by atoms with van der Waals surface area (Å²) in [6, 6.07) is 10.7. The molecule has 0 saturated carbocycles. The van der Waals surface area contributed by atoms with Crippen molar-refractivity contribution < 1.29 is 21.9 Å². The Morgan fingerprint density at radius 3 is 2.54 bits per heavy atom. The van der Waals surface area contributed by atoms with E-state index in [9.17, 15) is 17.2 Å². The number of halogens is 2. The number of rotatable bonds is 5. The van der Waals surface area contributed by atoms with E-state index < -0.39 is 21.7 Å². The number of methoxy groups -OCH3 is 1. The first-order valence-electron chi connectivity index (χ1n) is 9.20. The molecule has 2 heterocycles. The Labute approximate surface area is 163 Å². The van der Waals surface area contributed by atoms with Gasteiger partial charge in [-0.3, -0.25) is 4.90 Å². The molecule has 2 fully saturated rings. The molecule has 28 heavy (non-hydrogen) atoms. The van der Waals surface area contributed by atoms with Crippen LogP contribution in [0.2, 0.25) is 0 Å². The first kappa shape index (κ1) is 19.3. The maximum absolute atomic E-state index is 13.4. The van der Waals surface area contributed by atoms with Gasteiger partial charge in [0.2, 0.25) is 10.0 Å². The van der Waals surface area contributed by atoms with Gasteiger partial charge in [0, 0.05) is 44.2 Å². The quantitative estimate of drug-likeness (QED) is 0.764. The third-order valence-corrected chi connectivity index (χ3v) is 7.43. The zero-order valence-electron chi connectivity index (χ0n) is 15.5. The fourth-order valence-corrected chi connectivity index (χ4v) is 5.73. The van der Waals surface area contributed by atoms with Crippen molar-refractivity contribution in [3.05, 3.63) is 59.7 Å². The zero-order valence-corrected chi connectivity index (χ0v) is 16.3. The van der Waals surface area contributed by atoms with Crippen molar-refractivity contribution in [3.63, 3.8) is 0 Å². The Morgan fingerprint density at radius 1 is 1.11 bits per heavy atom. The van der Waals surface area contributed by atoms with Crippen molar-refractivity contribution in [1.82, 2.24) is 9.21 Å². The van der Waals surface area contributed by atoms with Gasteiger partial charge in [-0.2, -0.15) is 4.31 Å². The van der Waals surface area contributed by atoms with Gasteiger partial charge in [0.15, 0.2) is 0 Å². The van der Waals surface area contributed by atoms with Gasteiger partial charge in [-0.05, 0) is 36.2 Å². The van der Waals surface area contributed by atoms with Gasteiger partial charge in [-0.1, -0.05) is 12.1 Å². The average Bonchev–Trinajstić information content (AvgIpc) is 2.65. The molecule has 5 nitrogen and oxygen atoms in total. The SMILES string of the molecule is COc1cccc(CN2CC3CN(S(=O)(=O)c4cc(F)cc(F)c4)CCC32)c1. The topological polar surface area (TPSA) is 49.9 Å². The van der Waals surface area contributed by atoms with Crippen molar-refractivity contribution in [2.75, 3.05) is 26.7 Å². The van der Waals surface area contributed by atoms with E-state index in [0.29, 0.717) is 31.6 Å². The van der Waals surface area contributed by atoms with Crippen LogP contribution in [-0.4, -0.2) is 50.4 Å². The zero-order chi connectivity index (χ0) is 19.9. The molecule has 0 N–H and O–H groups in total. The molecule has 0 radical (unpaired) electrons. The molecule has 2 saturated heterocycles. The highest BCUT2D eigenvalue weighted by atomic mass is 32.2. The van der Waals surface area contributed by atoms with Gasteiger partial charge in [-0.25, -0.2) is 17.2 Å². The summed E-state index contributed by atoms with van der Waals surface area (Å²) in [6.45, 7) is 2.31. The highest BCUT2D eigenvalue weighted by Crippen LogP contribution is 2.36. The number of nitrogens with zero attached hydrogens (tertiary/aromatic N) is 2. The van der Waals surface area contributed by atoms with Crippen LogP contribution >= 0.6 is 0 Å². The molecule has 150 valence electrons. The van der Waals surface area contributed by atoms with Gasteiger partial charge >= 0.3 is 0 Å². The second-order valence-electron chi connectivity index (χ2n) is 7.37. The standard InChI is InChI=1S/C20H22F2N2O3S/c1-27-18-4-2-3-14(7-18)11-23-12-15-13-24(6-5-20(15)23)28(25,26)19-9-16(21)8-17(22)10-19/h2-4,7-10,15,20H,5-6,11-13H2,1H3. The molecule has 2 aromatic rings. The summed E-state index contributed by atoms with van der Waals surface area (Å²) in [5.74, 6) is -0.728. The van der Waals surface area contributed by atoms with E-state index in [1.807, 2.05) is 24.3 Å². The number of ether oxygens (including phenoxy) is 1. The normalized spacial score (nSPS) is 23.1. The van der Waals surface area contributed by atoms with Crippen LogP contribution in [0.3, 0.4) is 0 Å². The van der Waals surface area contributed by atoms with E-state index in [0.717, 1.165) is 36.5 Å². The Bertz CT molecular complexity index is 963. The largest absolute Gasteiger partial charge is 0.497 e. The highest BCUT2D eigenvalue weighted by Gasteiger charge is 2.45. The van der Waals surface area contributed by atoms with Crippen LogP contribution in [0.1, 0.15) is 12.0 Å². The van der Waals surface area contributed by atoms with E-state index >= 15 is 0 Å². The molecule has 0 aliphatic carbocycles. The van der Waals surface area contributed by atoms with Crippen LogP contribution in [0, 0.1) is 17.6 Å². The van der Waals surface area contributed by atoms with Crippen molar-refractivity contribution in [3.8, 4) is 5.75 Å². The number of hydrogen-bond acceptors (Lipinski definition) is 4. The van der Waals surface area contributed by atoms with Crippen molar-refractivity contribution in [2.45, 2.75) is 23.9 Å². The van der Waals surface area contributed by atoms with Crippen LogP contribution in [0.5, 0.6) is 5.75 Å². The Morgan fingerprint density at radius 2 is 1.86 bits per heavy atom. The summed E-state index contributed by atoms with van der Waals surface area (Å²) in [4.78, 5) is 2.02. The summed E-state index contributed by atoms with van der Waals surface area (Å²) < 4.78 is 59.1. The van der Waals surface area contributed by atoms with Crippen LogP contribution in [0.15, 0.2) is 47.4 Å². The minimum Gasteiger partial charge on any atom is -0.497 e. The van der Waals surface area contributed by atoms with Crippen LogP contribution in [0.4, 0.5) is 8.78 Å². The molecule has 4 rings (SSSR count). The van der Waals surface area contributed by atoms with Gasteiger partial charge < -0.3 is 4.74 Å². The predicted molar refractivity (Wildman–Crippen MR) is 100 cm³/mol. The second kappa shape index (κ2) is 7.42. The summed E-state index contributed by atoms with van der Waals surface area (Å²) >= 11 is 0. The van der Waals surface area contributed by atoms with Gasteiger partial charge in [0.1, 0.15) is 17.4 Å². The maximum atomic E-state index is 13.4. The first-order chi connectivity index (χ1) is 13.4. The van der Waals surface area contributed by atoms with Crippen molar-refractivity contribution in [1.29, 1.82) is 0 Å². The molecular formula is C20H22F2N2O3S. The molecule has 0 bridgehead atoms. The predicted octanol–water partition coefficient (Wildman–Crippen LogP) is 2.87. The lowest BCUT2D eigenvalue weighted by atomic mass is 9.83. The minimum absolute atomic E-state index is 0.229. The molecule has 2 unspecified atom stereocenters. The molecule has 0 spiro atoms. The number of fused-ring (bicyclic) bond motifs is 1. The summed E-state index contributed by atoms with van der Waals surface area (Å²) in [5.41, 5.74) is 1.16. The van der Waals surface area contributed by atoms with E-state index in [-0.39, 0.29) is 10.8 Å². The Hall–Kier alpha value is -2.03. The van der Waals surface area contributed by atoms with Gasteiger partial charge in [-0.15, -0.1) is 0 Å². The fraction of sp³-hybridized carbons (Fsp3) is 0.400. The van der Waals surface area contributed by atoms with Crippen molar-refractivity contribution in [2.24, 2.45) is 5.92 Å². The molecule has 8 heteroatoms. The number of piperidine rings is 1. The summed E-state index contributed by atoms with van der Waals surface area (Å²) in [7, 11) is -2.26. The third-order valence-electron chi connectivity index (χ3n) is 5.59. The number of hydrogen-bond donors (Lipinski definition) is 0. The summed E-state index contributed by atoms with van der Waals surface area (Å²) in [6.07, 6.45) is 0.700. The van der Waals surface area contributed by atoms with Crippen LogP contribution in [-0.2, 0) is 16.6 Å².